The van der Waals surface area contributed by atoms with Crippen LogP contribution in [0, 0.1) is 0 Å². The zero-order valence-electron chi connectivity index (χ0n) is 7.84. The van der Waals surface area contributed by atoms with Gasteiger partial charge in [-0.25, -0.2) is 4.98 Å². The molecular weight excluding hydrogens is 198 g/mol. The lowest BCUT2D eigenvalue weighted by molar-refractivity contribution is 0.777. The minimum absolute atomic E-state index is 0.739. The van der Waals surface area contributed by atoms with Crippen molar-refractivity contribution in [3.05, 3.63) is 23.7 Å². The number of imidazole rings is 1. The molecule has 6 heteroatoms. The van der Waals surface area contributed by atoms with E-state index in [9.17, 15) is 0 Å². The van der Waals surface area contributed by atoms with E-state index >= 15 is 0 Å². The number of rotatable bonds is 4. The summed E-state index contributed by atoms with van der Waals surface area (Å²) >= 11 is 1.57. The molecule has 0 aliphatic carbocycles. The van der Waals surface area contributed by atoms with Gasteiger partial charge in [0.25, 0.3) is 0 Å². The Morgan fingerprint density at radius 3 is 3.14 bits per heavy atom. The number of aromatic nitrogens is 4. The predicted molar refractivity (Wildman–Crippen MR) is 55.4 cm³/mol. The van der Waals surface area contributed by atoms with Crippen molar-refractivity contribution < 1.29 is 0 Å². The molecule has 0 saturated carbocycles. The number of nitrogens with zero attached hydrogens (tertiary/aromatic N) is 4. The smallest absolute Gasteiger partial charge is 0.205 e. The van der Waals surface area contributed by atoms with E-state index in [2.05, 4.69) is 20.5 Å². The molecule has 0 saturated heterocycles. The van der Waals surface area contributed by atoms with Crippen molar-refractivity contribution in [2.75, 3.05) is 11.9 Å². The third-order valence-electron chi connectivity index (χ3n) is 1.67. The Morgan fingerprint density at radius 1 is 1.50 bits per heavy atom. The second kappa shape index (κ2) is 4.19. The van der Waals surface area contributed by atoms with Gasteiger partial charge in [0, 0.05) is 18.9 Å². The summed E-state index contributed by atoms with van der Waals surface area (Å²) in [6.45, 7) is 3.65. The van der Waals surface area contributed by atoms with Crippen molar-refractivity contribution >= 4 is 16.5 Å². The summed E-state index contributed by atoms with van der Waals surface area (Å²) in [5.74, 6) is 0. The van der Waals surface area contributed by atoms with Crippen LogP contribution in [-0.2, 0) is 6.54 Å². The molecule has 2 aromatic heterocycles. The van der Waals surface area contributed by atoms with Crippen LogP contribution < -0.4 is 5.32 Å². The zero-order chi connectivity index (χ0) is 9.80. The summed E-state index contributed by atoms with van der Waals surface area (Å²) in [7, 11) is 0. The van der Waals surface area contributed by atoms with Crippen molar-refractivity contribution in [2.24, 2.45) is 0 Å². The van der Waals surface area contributed by atoms with E-state index in [4.69, 9.17) is 0 Å². The van der Waals surface area contributed by atoms with Crippen LogP contribution in [0.1, 0.15) is 11.9 Å². The molecule has 0 fully saturated rings. The number of hydrogen-bond donors (Lipinski definition) is 1. The molecule has 5 nitrogen and oxygen atoms in total. The summed E-state index contributed by atoms with van der Waals surface area (Å²) in [4.78, 5) is 3.97. The highest BCUT2D eigenvalue weighted by atomic mass is 32.1. The third kappa shape index (κ3) is 2.08. The van der Waals surface area contributed by atoms with Gasteiger partial charge in [-0.05, 0) is 6.92 Å². The molecule has 1 N–H and O–H groups in total. The topological polar surface area (TPSA) is 55.6 Å². The van der Waals surface area contributed by atoms with Crippen molar-refractivity contribution in [1.29, 1.82) is 0 Å². The third-order valence-corrected chi connectivity index (χ3v) is 2.54. The fourth-order valence-corrected chi connectivity index (χ4v) is 1.89. The SMILES string of the molecule is CCNc1nnc(Cn2ccnc2)s1. The standard InChI is InChI=1S/C8H11N5S/c1-2-10-8-12-11-7(14-8)5-13-4-3-9-6-13/h3-4,6H,2,5H2,1H3,(H,10,12). The summed E-state index contributed by atoms with van der Waals surface area (Å²) in [5.41, 5.74) is 0. The minimum atomic E-state index is 0.739. The normalized spacial score (nSPS) is 10.4. The lowest BCUT2D eigenvalue weighted by Crippen LogP contribution is -1.95. The molecule has 2 heterocycles. The van der Waals surface area contributed by atoms with E-state index in [-0.39, 0.29) is 0 Å². The average molecular weight is 209 g/mol. The van der Waals surface area contributed by atoms with Gasteiger partial charge in [-0.3, -0.25) is 0 Å². The van der Waals surface area contributed by atoms with Crippen LogP contribution in [0.3, 0.4) is 0 Å². The first-order chi connectivity index (χ1) is 6.88. The van der Waals surface area contributed by atoms with Gasteiger partial charge in [0.05, 0.1) is 12.9 Å². The van der Waals surface area contributed by atoms with Gasteiger partial charge in [0.15, 0.2) is 0 Å². The van der Waals surface area contributed by atoms with Crippen molar-refractivity contribution in [2.45, 2.75) is 13.5 Å². The first-order valence-electron chi connectivity index (χ1n) is 4.40. The first kappa shape index (κ1) is 9.14. The Bertz CT molecular complexity index is 380. The van der Waals surface area contributed by atoms with Crippen LogP contribution in [0.25, 0.3) is 0 Å². The van der Waals surface area contributed by atoms with Gasteiger partial charge in [0.1, 0.15) is 5.01 Å². The maximum absolute atomic E-state index is 4.07. The molecule has 2 aromatic rings. The molecular formula is C8H11N5S. The Labute approximate surface area is 85.8 Å². The molecule has 0 unspecified atom stereocenters. The Morgan fingerprint density at radius 2 is 2.43 bits per heavy atom. The van der Waals surface area contributed by atoms with Gasteiger partial charge in [-0.1, -0.05) is 11.3 Å². The zero-order valence-corrected chi connectivity index (χ0v) is 8.66. The summed E-state index contributed by atoms with van der Waals surface area (Å²) in [6.07, 6.45) is 5.44. The molecule has 2 rings (SSSR count). The van der Waals surface area contributed by atoms with Gasteiger partial charge >= 0.3 is 0 Å². The fraction of sp³-hybridized carbons (Fsp3) is 0.375. The minimum Gasteiger partial charge on any atom is -0.360 e. The van der Waals surface area contributed by atoms with E-state index in [1.54, 1.807) is 23.9 Å². The van der Waals surface area contributed by atoms with Crippen molar-refractivity contribution in [1.82, 2.24) is 19.7 Å². The highest BCUT2D eigenvalue weighted by molar-refractivity contribution is 7.15. The second-order valence-corrected chi connectivity index (χ2v) is 3.83. The molecule has 0 spiro atoms. The second-order valence-electron chi connectivity index (χ2n) is 2.77. The quantitative estimate of drug-likeness (QED) is 0.822. The molecule has 0 amide bonds. The molecule has 0 aliphatic heterocycles. The summed E-state index contributed by atoms with van der Waals surface area (Å²) in [6, 6.07) is 0. The molecule has 0 aliphatic rings. The number of nitrogens with one attached hydrogen (secondary N) is 1. The van der Waals surface area contributed by atoms with E-state index in [1.165, 1.54) is 0 Å². The van der Waals surface area contributed by atoms with Crippen LogP contribution in [-0.4, -0.2) is 26.3 Å². The number of anilines is 1. The predicted octanol–water partition coefficient (Wildman–Crippen LogP) is 1.21. The maximum Gasteiger partial charge on any atom is 0.205 e. The first-order valence-corrected chi connectivity index (χ1v) is 5.22. The van der Waals surface area contributed by atoms with Gasteiger partial charge < -0.3 is 9.88 Å². The van der Waals surface area contributed by atoms with Crippen LogP contribution in [0.2, 0.25) is 0 Å². The summed E-state index contributed by atoms with van der Waals surface area (Å²) in [5, 5.41) is 13.1. The summed E-state index contributed by atoms with van der Waals surface area (Å²) < 4.78 is 1.97. The Kier molecular flexibility index (Phi) is 2.73. The highest BCUT2D eigenvalue weighted by Crippen LogP contribution is 2.15. The van der Waals surface area contributed by atoms with Gasteiger partial charge in [-0.2, -0.15) is 0 Å². The van der Waals surface area contributed by atoms with E-state index in [1.807, 2.05) is 17.7 Å². The van der Waals surface area contributed by atoms with Gasteiger partial charge in [0.2, 0.25) is 5.13 Å². The average Bonchev–Trinajstić information content (AvgIpc) is 2.79. The maximum atomic E-state index is 4.07. The molecule has 14 heavy (non-hydrogen) atoms. The Balaban J connectivity index is 2.03. The monoisotopic (exact) mass is 209 g/mol. The molecule has 0 aromatic carbocycles. The highest BCUT2D eigenvalue weighted by Gasteiger charge is 2.02. The van der Waals surface area contributed by atoms with E-state index in [0.717, 1.165) is 23.2 Å². The van der Waals surface area contributed by atoms with Gasteiger partial charge in [-0.15, -0.1) is 10.2 Å². The molecule has 0 atom stereocenters. The Hall–Kier alpha value is -1.43. The van der Waals surface area contributed by atoms with Crippen LogP contribution in [0.15, 0.2) is 18.7 Å². The van der Waals surface area contributed by atoms with Crippen molar-refractivity contribution in [3.8, 4) is 0 Å². The van der Waals surface area contributed by atoms with Crippen LogP contribution >= 0.6 is 11.3 Å². The molecule has 0 radical (unpaired) electrons. The molecule has 74 valence electrons. The largest absolute Gasteiger partial charge is 0.360 e. The molecule has 0 bridgehead atoms. The van der Waals surface area contributed by atoms with Crippen LogP contribution in [0.5, 0.6) is 0 Å². The fourth-order valence-electron chi connectivity index (χ4n) is 1.08. The van der Waals surface area contributed by atoms with E-state index in [0.29, 0.717) is 0 Å². The van der Waals surface area contributed by atoms with Crippen LogP contribution in [0.4, 0.5) is 5.13 Å². The number of hydrogen-bond acceptors (Lipinski definition) is 5. The van der Waals surface area contributed by atoms with Crippen molar-refractivity contribution in [3.63, 3.8) is 0 Å². The lowest BCUT2D eigenvalue weighted by atomic mass is 10.6. The lowest BCUT2D eigenvalue weighted by Gasteiger charge is -1.95. The van der Waals surface area contributed by atoms with E-state index < -0.39 is 0 Å².